The second-order valence-electron chi connectivity index (χ2n) is 4.04. The average molecular weight is 506 g/mol. The summed E-state index contributed by atoms with van der Waals surface area (Å²) in [4.78, 5) is 0. The van der Waals surface area contributed by atoms with Crippen molar-refractivity contribution in [1.29, 1.82) is 0 Å². The smallest absolute Gasteiger partial charge is 0.138 e. The second kappa shape index (κ2) is 7.05. The standard InChI is InChI=1S/C14H9BrCl3IO/c1-20-13-6-10(16)8(5-11(13)17)14(18)9-4-7(15)2-3-12(9)19/h2-6,14H,1H3. The summed E-state index contributed by atoms with van der Waals surface area (Å²) in [5, 5.41) is 0.639. The maximum absolute atomic E-state index is 6.57. The van der Waals surface area contributed by atoms with E-state index in [-0.39, 0.29) is 5.38 Å². The quantitative estimate of drug-likeness (QED) is 0.333. The third kappa shape index (κ3) is 3.55. The Hall–Kier alpha value is 0.320. The Bertz CT molecular complexity index is 649. The Morgan fingerprint density at radius 1 is 1.10 bits per heavy atom. The van der Waals surface area contributed by atoms with Crippen LogP contribution in [0.5, 0.6) is 5.75 Å². The molecule has 1 atom stereocenters. The minimum Gasteiger partial charge on any atom is -0.495 e. The summed E-state index contributed by atoms with van der Waals surface area (Å²) in [5.41, 5.74) is 1.74. The fourth-order valence-corrected chi connectivity index (χ4v) is 3.91. The van der Waals surface area contributed by atoms with E-state index >= 15 is 0 Å². The third-order valence-electron chi connectivity index (χ3n) is 2.78. The average Bonchev–Trinajstić information content (AvgIpc) is 2.42. The van der Waals surface area contributed by atoms with Crippen molar-refractivity contribution >= 4 is 73.3 Å². The number of rotatable bonds is 3. The lowest BCUT2D eigenvalue weighted by molar-refractivity contribution is 0.415. The minimum atomic E-state index is -0.379. The van der Waals surface area contributed by atoms with Gasteiger partial charge in [-0.15, -0.1) is 11.6 Å². The van der Waals surface area contributed by atoms with Gasteiger partial charge in [0, 0.05) is 19.1 Å². The highest BCUT2D eigenvalue weighted by Crippen LogP contribution is 2.40. The van der Waals surface area contributed by atoms with Crippen LogP contribution in [0.15, 0.2) is 34.8 Å². The van der Waals surface area contributed by atoms with Crippen LogP contribution in [0, 0.1) is 3.57 Å². The fourth-order valence-electron chi connectivity index (χ4n) is 1.77. The summed E-state index contributed by atoms with van der Waals surface area (Å²) in [6.45, 7) is 0. The van der Waals surface area contributed by atoms with Crippen LogP contribution in [0.3, 0.4) is 0 Å². The Morgan fingerprint density at radius 2 is 1.80 bits per heavy atom. The van der Waals surface area contributed by atoms with E-state index in [4.69, 9.17) is 39.5 Å². The maximum Gasteiger partial charge on any atom is 0.138 e. The van der Waals surface area contributed by atoms with E-state index in [2.05, 4.69) is 38.5 Å². The second-order valence-corrected chi connectivity index (χ2v) is 7.37. The molecule has 6 heteroatoms. The Balaban J connectivity index is 2.50. The van der Waals surface area contributed by atoms with Gasteiger partial charge in [0.1, 0.15) is 5.75 Å². The molecule has 1 nitrogen and oxygen atoms in total. The van der Waals surface area contributed by atoms with E-state index in [1.807, 2.05) is 18.2 Å². The van der Waals surface area contributed by atoms with Crippen LogP contribution in [0.4, 0.5) is 0 Å². The van der Waals surface area contributed by atoms with E-state index in [9.17, 15) is 0 Å². The highest BCUT2D eigenvalue weighted by atomic mass is 127. The van der Waals surface area contributed by atoms with Crippen LogP contribution in [-0.4, -0.2) is 7.11 Å². The number of benzene rings is 2. The van der Waals surface area contributed by atoms with E-state index in [1.54, 1.807) is 19.2 Å². The van der Waals surface area contributed by atoms with Gasteiger partial charge in [0.15, 0.2) is 0 Å². The predicted octanol–water partition coefficient (Wildman–Crippen LogP) is 6.70. The molecule has 0 fully saturated rings. The first-order valence-electron chi connectivity index (χ1n) is 5.56. The molecule has 2 aromatic rings. The first kappa shape index (κ1) is 16.7. The molecule has 2 aromatic carbocycles. The van der Waals surface area contributed by atoms with Gasteiger partial charge >= 0.3 is 0 Å². The summed E-state index contributed by atoms with van der Waals surface area (Å²) in [6, 6.07) is 9.37. The van der Waals surface area contributed by atoms with Crippen LogP contribution in [0.1, 0.15) is 16.5 Å². The van der Waals surface area contributed by atoms with Gasteiger partial charge in [-0.05, 0) is 58.0 Å². The van der Waals surface area contributed by atoms with Crippen LogP contribution in [-0.2, 0) is 0 Å². The summed E-state index contributed by atoms with van der Waals surface area (Å²) in [6.07, 6.45) is 0. The van der Waals surface area contributed by atoms with Gasteiger partial charge in [0.2, 0.25) is 0 Å². The number of ether oxygens (including phenoxy) is 1. The summed E-state index contributed by atoms with van der Waals surface area (Å²) < 4.78 is 7.17. The largest absolute Gasteiger partial charge is 0.495 e. The number of methoxy groups -OCH3 is 1. The molecule has 0 saturated carbocycles. The molecule has 1 unspecified atom stereocenters. The molecule has 0 spiro atoms. The maximum atomic E-state index is 6.57. The molecule has 0 aliphatic heterocycles. The molecule has 0 aliphatic carbocycles. The van der Waals surface area contributed by atoms with Gasteiger partial charge in [-0.1, -0.05) is 39.1 Å². The Kier molecular flexibility index (Phi) is 5.88. The first-order valence-corrected chi connectivity index (χ1v) is 8.62. The number of halogens is 5. The molecule has 0 N–H and O–H groups in total. The molecule has 0 aromatic heterocycles. The molecular formula is C14H9BrCl3IO. The molecule has 0 amide bonds. The van der Waals surface area contributed by atoms with Crippen LogP contribution in [0.25, 0.3) is 0 Å². The third-order valence-corrected chi connectivity index (χ3v) is 5.34. The van der Waals surface area contributed by atoms with Crippen molar-refractivity contribution in [3.05, 3.63) is 59.5 Å². The fraction of sp³-hybridized carbons (Fsp3) is 0.143. The van der Waals surface area contributed by atoms with E-state index in [1.165, 1.54) is 0 Å². The monoisotopic (exact) mass is 504 g/mol. The minimum absolute atomic E-state index is 0.379. The van der Waals surface area contributed by atoms with Crippen molar-refractivity contribution in [3.8, 4) is 5.75 Å². The molecule has 106 valence electrons. The molecule has 0 aliphatic rings. The lowest BCUT2D eigenvalue weighted by Gasteiger charge is -2.16. The zero-order valence-electron chi connectivity index (χ0n) is 10.3. The zero-order valence-corrected chi connectivity index (χ0v) is 16.3. The summed E-state index contributed by atoms with van der Waals surface area (Å²) in [7, 11) is 1.55. The zero-order chi connectivity index (χ0) is 14.9. The summed E-state index contributed by atoms with van der Waals surface area (Å²) in [5.74, 6) is 0.535. The SMILES string of the molecule is COc1cc(Cl)c(C(Cl)c2cc(Br)ccc2I)cc1Cl. The Morgan fingerprint density at radius 3 is 2.45 bits per heavy atom. The van der Waals surface area contributed by atoms with Gasteiger partial charge < -0.3 is 4.74 Å². The molecule has 0 saturated heterocycles. The molecule has 20 heavy (non-hydrogen) atoms. The van der Waals surface area contributed by atoms with Crippen molar-refractivity contribution in [3.63, 3.8) is 0 Å². The van der Waals surface area contributed by atoms with Gasteiger partial charge in [-0.25, -0.2) is 0 Å². The lowest BCUT2D eigenvalue weighted by atomic mass is 10.0. The molecular weight excluding hydrogens is 497 g/mol. The topological polar surface area (TPSA) is 9.23 Å². The Labute approximate surface area is 154 Å². The van der Waals surface area contributed by atoms with Crippen LogP contribution >= 0.6 is 73.3 Å². The highest BCUT2D eigenvalue weighted by molar-refractivity contribution is 14.1. The molecule has 0 radical (unpaired) electrons. The van der Waals surface area contributed by atoms with Crippen molar-refractivity contribution in [2.75, 3.05) is 7.11 Å². The normalized spacial score (nSPS) is 12.3. The lowest BCUT2D eigenvalue weighted by Crippen LogP contribution is -1.98. The van der Waals surface area contributed by atoms with Crippen molar-refractivity contribution in [2.24, 2.45) is 0 Å². The van der Waals surface area contributed by atoms with Gasteiger partial charge in [-0.2, -0.15) is 0 Å². The van der Waals surface area contributed by atoms with Gasteiger partial charge in [-0.3, -0.25) is 0 Å². The predicted molar refractivity (Wildman–Crippen MR) is 97.6 cm³/mol. The number of hydrogen-bond donors (Lipinski definition) is 0. The highest BCUT2D eigenvalue weighted by Gasteiger charge is 2.19. The molecule has 0 heterocycles. The first-order chi connectivity index (χ1) is 9.43. The molecule has 0 bridgehead atoms. The summed E-state index contributed by atoms with van der Waals surface area (Å²) >= 11 is 24.7. The number of hydrogen-bond acceptors (Lipinski definition) is 1. The van der Waals surface area contributed by atoms with E-state index in [0.29, 0.717) is 15.8 Å². The van der Waals surface area contributed by atoms with E-state index in [0.717, 1.165) is 19.2 Å². The van der Waals surface area contributed by atoms with E-state index < -0.39 is 0 Å². The number of alkyl halides is 1. The van der Waals surface area contributed by atoms with Gasteiger partial charge in [0.05, 0.1) is 17.5 Å². The van der Waals surface area contributed by atoms with Crippen molar-refractivity contribution in [1.82, 2.24) is 0 Å². The van der Waals surface area contributed by atoms with Gasteiger partial charge in [0.25, 0.3) is 0 Å². The molecule has 2 rings (SSSR count). The van der Waals surface area contributed by atoms with Crippen LogP contribution in [0.2, 0.25) is 10.0 Å². The van der Waals surface area contributed by atoms with Crippen molar-refractivity contribution < 1.29 is 4.74 Å². The van der Waals surface area contributed by atoms with Crippen LogP contribution < -0.4 is 4.74 Å². The van der Waals surface area contributed by atoms with Crippen molar-refractivity contribution in [2.45, 2.75) is 5.38 Å².